The molecule has 0 unspecified atom stereocenters. The molecule has 1 heterocycles. The van der Waals surface area contributed by atoms with Gasteiger partial charge in [0.2, 0.25) is 5.82 Å². The number of benzene rings is 1. The lowest BCUT2D eigenvalue weighted by Crippen LogP contribution is -1.89. The average molecular weight is 229 g/mol. The van der Waals surface area contributed by atoms with E-state index in [1.54, 1.807) is 0 Å². The summed E-state index contributed by atoms with van der Waals surface area (Å²) in [6.07, 6.45) is 0. The predicted molar refractivity (Wildman–Crippen MR) is 51.3 cm³/mol. The molecule has 0 aliphatic heterocycles. The van der Waals surface area contributed by atoms with Crippen molar-refractivity contribution < 1.29 is 13.7 Å². The smallest absolute Gasteiger partial charge is 0.320 e. The Hall–Kier alpha value is -1.62. The van der Waals surface area contributed by atoms with Crippen LogP contribution in [0.4, 0.5) is 4.39 Å². The van der Waals surface area contributed by atoms with Crippen molar-refractivity contribution in [1.82, 2.24) is 10.1 Å². The zero-order valence-corrected chi connectivity index (χ0v) is 8.45. The van der Waals surface area contributed by atoms with E-state index < -0.39 is 5.82 Å². The molecule has 15 heavy (non-hydrogen) atoms. The molecule has 2 rings (SSSR count). The molecule has 0 aliphatic rings. The zero-order chi connectivity index (χ0) is 10.8. The molecule has 78 valence electrons. The molecule has 4 nitrogen and oxygen atoms in total. The summed E-state index contributed by atoms with van der Waals surface area (Å²) in [6.45, 7) is 0. The number of hydrogen-bond acceptors (Lipinski definition) is 4. The van der Waals surface area contributed by atoms with Gasteiger partial charge in [-0.25, -0.2) is 4.39 Å². The van der Waals surface area contributed by atoms with Crippen molar-refractivity contribution >= 4 is 11.6 Å². The highest BCUT2D eigenvalue weighted by atomic mass is 35.5. The van der Waals surface area contributed by atoms with E-state index in [9.17, 15) is 4.39 Å². The second kappa shape index (κ2) is 3.86. The van der Waals surface area contributed by atoms with Crippen molar-refractivity contribution in [2.45, 2.75) is 0 Å². The van der Waals surface area contributed by atoms with Crippen molar-refractivity contribution in [3.05, 3.63) is 29.4 Å². The van der Waals surface area contributed by atoms with Crippen LogP contribution in [0, 0.1) is 5.82 Å². The zero-order valence-electron chi connectivity index (χ0n) is 7.70. The minimum Gasteiger partial charge on any atom is -0.494 e. The normalized spacial score (nSPS) is 10.3. The standard InChI is InChI=1S/C9H6ClFN2O2/c1-14-7-4-5(2-3-6(7)11)8-12-9(10)15-13-8/h2-4H,1H3. The molecule has 0 fully saturated rings. The third-order valence-electron chi connectivity index (χ3n) is 1.81. The number of nitrogens with zero attached hydrogens (tertiary/aromatic N) is 2. The first-order chi connectivity index (χ1) is 7.20. The summed E-state index contributed by atoms with van der Waals surface area (Å²) in [4.78, 5) is 3.80. The first-order valence-electron chi connectivity index (χ1n) is 4.04. The van der Waals surface area contributed by atoms with Crippen LogP contribution in [0.5, 0.6) is 5.75 Å². The van der Waals surface area contributed by atoms with Gasteiger partial charge in [0.15, 0.2) is 11.6 Å². The molecule has 0 saturated carbocycles. The van der Waals surface area contributed by atoms with Crippen LogP contribution in [0.3, 0.4) is 0 Å². The second-order valence-corrected chi connectivity index (χ2v) is 3.04. The monoisotopic (exact) mass is 228 g/mol. The largest absolute Gasteiger partial charge is 0.494 e. The van der Waals surface area contributed by atoms with Gasteiger partial charge in [0.25, 0.3) is 0 Å². The van der Waals surface area contributed by atoms with Crippen LogP contribution in [0.2, 0.25) is 5.35 Å². The lowest BCUT2D eigenvalue weighted by molar-refractivity contribution is 0.386. The Balaban J connectivity index is 2.45. The van der Waals surface area contributed by atoms with Crippen molar-refractivity contribution in [2.24, 2.45) is 0 Å². The molecule has 0 radical (unpaired) electrons. The highest BCUT2D eigenvalue weighted by molar-refractivity contribution is 6.27. The van der Waals surface area contributed by atoms with Gasteiger partial charge in [0.05, 0.1) is 7.11 Å². The number of ether oxygens (including phenoxy) is 1. The highest BCUT2D eigenvalue weighted by Gasteiger charge is 2.10. The molecule has 0 bridgehead atoms. The molecular formula is C9H6ClFN2O2. The van der Waals surface area contributed by atoms with Gasteiger partial charge in [-0.2, -0.15) is 4.98 Å². The Morgan fingerprint density at radius 1 is 1.47 bits per heavy atom. The van der Waals surface area contributed by atoms with E-state index in [-0.39, 0.29) is 11.1 Å². The van der Waals surface area contributed by atoms with Crippen molar-refractivity contribution in [1.29, 1.82) is 0 Å². The first kappa shape index (κ1) is 9.92. The maximum Gasteiger partial charge on any atom is 0.320 e. The Bertz CT molecular complexity index is 487. The Morgan fingerprint density at radius 3 is 2.87 bits per heavy atom. The third kappa shape index (κ3) is 1.92. The SMILES string of the molecule is COc1cc(-c2noc(Cl)n2)ccc1F. The fourth-order valence-corrected chi connectivity index (χ4v) is 1.24. The van der Waals surface area contributed by atoms with Crippen molar-refractivity contribution in [2.75, 3.05) is 7.11 Å². The summed E-state index contributed by atoms with van der Waals surface area (Å²) < 4.78 is 22.5. The van der Waals surface area contributed by atoms with E-state index >= 15 is 0 Å². The number of hydrogen-bond donors (Lipinski definition) is 0. The third-order valence-corrected chi connectivity index (χ3v) is 1.96. The summed E-state index contributed by atoms with van der Waals surface area (Å²) >= 11 is 5.47. The van der Waals surface area contributed by atoms with Gasteiger partial charge < -0.3 is 9.26 Å². The second-order valence-electron chi connectivity index (χ2n) is 2.72. The molecule has 0 aliphatic carbocycles. The number of halogens is 2. The summed E-state index contributed by atoms with van der Waals surface area (Å²) in [6, 6.07) is 4.24. The molecule has 0 atom stereocenters. The quantitative estimate of drug-likeness (QED) is 0.793. The van der Waals surface area contributed by atoms with Crippen molar-refractivity contribution in [3.8, 4) is 17.1 Å². The summed E-state index contributed by atoms with van der Waals surface area (Å²) in [5, 5.41) is 3.53. The number of aromatic nitrogens is 2. The molecule has 0 amide bonds. The van der Waals surface area contributed by atoms with Crippen LogP contribution in [-0.2, 0) is 0 Å². The molecule has 0 spiro atoms. The van der Waals surface area contributed by atoms with E-state index in [1.165, 1.54) is 25.3 Å². The van der Waals surface area contributed by atoms with E-state index in [0.29, 0.717) is 11.4 Å². The van der Waals surface area contributed by atoms with Gasteiger partial charge in [-0.3, -0.25) is 0 Å². The molecule has 1 aromatic heterocycles. The number of methoxy groups -OCH3 is 1. The van der Waals surface area contributed by atoms with Gasteiger partial charge in [-0.15, -0.1) is 0 Å². The van der Waals surface area contributed by atoms with Gasteiger partial charge >= 0.3 is 5.35 Å². The fourth-order valence-electron chi connectivity index (χ4n) is 1.12. The molecule has 6 heteroatoms. The molecule has 2 aromatic rings. The van der Waals surface area contributed by atoms with Gasteiger partial charge in [0, 0.05) is 5.56 Å². The van der Waals surface area contributed by atoms with E-state index in [1.807, 2.05) is 0 Å². The molecule has 0 saturated heterocycles. The molecule has 0 N–H and O–H groups in total. The van der Waals surface area contributed by atoms with Gasteiger partial charge in [-0.1, -0.05) is 5.16 Å². The predicted octanol–water partition coefficient (Wildman–Crippen LogP) is 2.54. The Labute approximate surface area is 89.6 Å². The van der Waals surface area contributed by atoms with E-state index in [4.69, 9.17) is 16.3 Å². The van der Waals surface area contributed by atoms with Gasteiger partial charge in [-0.05, 0) is 29.8 Å². The summed E-state index contributed by atoms with van der Waals surface area (Å²) in [5.41, 5.74) is 0.573. The topological polar surface area (TPSA) is 48.2 Å². The molecule has 1 aromatic carbocycles. The maximum absolute atomic E-state index is 13.1. The fraction of sp³-hybridized carbons (Fsp3) is 0.111. The van der Waals surface area contributed by atoms with Crippen LogP contribution in [0.25, 0.3) is 11.4 Å². The maximum atomic E-state index is 13.1. The van der Waals surface area contributed by atoms with Crippen LogP contribution < -0.4 is 4.74 Å². The van der Waals surface area contributed by atoms with Crippen LogP contribution >= 0.6 is 11.6 Å². The van der Waals surface area contributed by atoms with Crippen LogP contribution in [0.1, 0.15) is 0 Å². The Kier molecular flexibility index (Phi) is 2.55. The molecular weight excluding hydrogens is 223 g/mol. The van der Waals surface area contributed by atoms with Crippen LogP contribution in [0.15, 0.2) is 22.7 Å². The lowest BCUT2D eigenvalue weighted by Gasteiger charge is -2.02. The Morgan fingerprint density at radius 2 is 2.27 bits per heavy atom. The summed E-state index contributed by atoms with van der Waals surface area (Å²) in [5.74, 6) is -0.0393. The van der Waals surface area contributed by atoms with Crippen molar-refractivity contribution in [3.63, 3.8) is 0 Å². The van der Waals surface area contributed by atoms with E-state index in [0.717, 1.165) is 0 Å². The first-order valence-corrected chi connectivity index (χ1v) is 4.41. The minimum atomic E-state index is -0.448. The number of rotatable bonds is 2. The van der Waals surface area contributed by atoms with Gasteiger partial charge in [0.1, 0.15) is 0 Å². The lowest BCUT2D eigenvalue weighted by atomic mass is 10.2. The minimum absolute atomic E-state index is 0.0618. The van der Waals surface area contributed by atoms with E-state index in [2.05, 4.69) is 14.7 Å². The summed E-state index contributed by atoms with van der Waals surface area (Å²) in [7, 11) is 1.38. The average Bonchev–Trinajstić information content (AvgIpc) is 2.66. The highest BCUT2D eigenvalue weighted by Crippen LogP contribution is 2.24. The van der Waals surface area contributed by atoms with Crippen LogP contribution in [-0.4, -0.2) is 17.3 Å².